The number of alkyl halides is 3. The van der Waals surface area contributed by atoms with Gasteiger partial charge >= 0.3 is 0 Å². The standard InChI is InChI=1S/C9H3Cl4NO2S/c10-5-3-1-2-4-6(5)8(16)14(7(4)15)17-9(11,12)13/h1-3H. The molecule has 1 aromatic rings. The second-order valence-corrected chi connectivity index (χ2v) is 7.62. The Kier molecular flexibility index (Phi) is 3.54. The van der Waals surface area contributed by atoms with Crippen molar-refractivity contribution >= 4 is 70.2 Å². The first-order chi connectivity index (χ1) is 7.81. The highest BCUT2D eigenvalue weighted by Crippen LogP contribution is 2.44. The zero-order valence-electron chi connectivity index (χ0n) is 7.92. The summed E-state index contributed by atoms with van der Waals surface area (Å²) < 4.78 is -0.997. The summed E-state index contributed by atoms with van der Waals surface area (Å²) in [5.74, 6) is -1.12. The minimum atomic E-state index is -1.79. The molecule has 0 saturated heterocycles. The van der Waals surface area contributed by atoms with Gasteiger partial charge in [0, 0.05) is 11.9 Å². The maximum Gasteiger partial charge on any atom is 0.273 e. The lowest BCUT2D eigenvalue weighted by molar-refractivity contribution is 0.0777. The molecule has 0 N–H and O–H groups in total. The van der Waals surface area contributed by atoms with Gasteiger partial charge in [0.15, 0.2) is 0 Å². The molecular weight excluding hydrogens is 328 g/mol. The van der Waals surface area contributed by atoms with Crippen LogP contribution in [-0.4, -0.2) is 19.2 Å². The third-order valence-electron chi connectivity index (χ3n) is 2.02. The minimum Gasteiger partial charge on any atom is -0.268 e. The molecule has 0 bridgehead atoms. The molecule has 0 spiro atoms. The van der Waals surface area contributed by atoms with Gasteiger partial charge in [0.05, 0.1) is 16.1 Å². The molecule has 0 radical (unpaired) electrons. The second kappa shape index (κ2) is 4.52. The molecule has 2 amide bonds. The summed E-state index contributed by atoms with van der Waals surface area (Å²) in [6.45, 7) is 0. The van der Waals surface area contributed by atoms with E-state index < -0.39 is 14.9 Å². The number of halogens is 4. The number of benzene rings is 1. The predicted octanol–water partition coefficient (Wildman–Crippen LogP) is 3.91. The molecule has 17 heavy (non-hydrogen) atoms. The zero-order valence-corrected chi connectivity index (χ0v) is 11.8. The number of rotatable bonds is 1. The average Bonchev–Trinajstić information content (AvgIpc) is 2.43. The van der Waals surface area contributed by atoms with E-state index >= 15 is 0 Å². The molecule has 0 aromatic heterocycles. The van der Waals surface area contributed by atoms with Crippen LogP contribution in [0.4, 0.5) is 0 Å². The van der Waals surface area contributed by atoms with Gasteiger partial charge in [-0.05, 0) is 12.1 Å². The van der Waals surface area contributed by atoms with Crippen molar-refractivity contribution in [2.75, 3.05) is 0 Å². The fourth-order valence-electron chi connectivity index (χ4n) is 1.41. The number of carbonyl (C=O) groups excluding carboxylic acids is 2. The first kappa shape index (κ1) is 13.3. The highest BCUT2D eigenvalue weighted by Gasteiger charge is 2.42. The van der Waals surface area contributed by atoms with E-state index in [1.165, 1.54) is 12.1 Å². The van der Waals surface area contributed by atoms with E-state index in [2.05, 4.69) is 0 Å². The van der Waals surface area contributed by atoms with E-state index in [1.54, 1.807) is 6.07 Å². The van der Waals surface area contributed by atoms with Gasteiger partial charge in [-0.2, -0.15) is 0 Å². The normalized spacial score (nSPS) is 15.4. The molecule has 1 aliphatic rings. The maximum absolute atomic E-state index is 11.9. The van der Waals surface area contributed by atoms with E-state index in [0.29, 0.717) is 11.9 Å². The fraction of sp³-hybridized carbons (Fsp3) is 0.111. The lowest BCUT2D eigenvalue weighted by Crippen LogP contribution is -2.25. The van der Waals surface area contributed by atoms with Crippen molar-refractivity contribution in [1.82, 2.24) is 4.31 Å². The Balaban J connectivity index is 2.43. The Morgan fingerprint density at radius 1 is 1.12 bits per heavy atom. The fourth-order valence-corrected chi connectivity index (χ4v) is 2.85. The smallest absolute Gasteiger partial charge is 0.268 e. The van der Waals surface area contributed by atoms with Crippen molar-refractivity contribution < 1.29 is 9.59 Å². The molecule has 0 saturated carbocycles. The number of carbonyl (C=O) groups is 2. The van der Waals surface area contributed by atoms with Crippen LogP contribution in [0.3, 0.4) is 0 Å². The van der Waals surface area contributed by atoms with Crippen LogP contribution in [0.2, 0.25) is 5.02 Å². The summed E-state index contributed by atoms with van der Waals surface area (Å²) in [5.41, 5.74) is 0.352. The SMILES string of the molecule is O=C1c2cccc(Cl)c2C(=O)N1SC(Cl)(Cl)Cl. The van der Waals surface area contributed by atoms with Gasteiger partial charge in [0.25, 0.3) is 14.9 Å². The molecule has 1 heterocycles. The molecule has 3 nitrogen and oxygen atoms in total. The van der Waals surface area contributed by atoms with Gasteiger partial charge in [0.1, 0.15) is 0 Å². The van der Waals surface area contributed by atoms with Crippen molar-refractivity contribution in [3.05, 3.63) is 34.3 Å². The van der Waals surface area contributed by atoms with Gasteiger partial charge in [-0.3, -0.25) is 9.59 Å². The number of hydrogen-bond donors (Lipinski definition) is 0. The summed E-state index contributed by atoms with van der Waals surface area (Å²) >= 11 is 23.0. The number of amides is 2. The Labute approximate surface area is 121 Å². The molecule has 0 atom stereocenters. The highest BCUT2D eigenvalue weighted by atomic mass is 35.6. The van der Waals surface area contributed by atoms with Gasteiger partial charge in [-0.25, -0.2) is 4.31 Å². The molecule has 0 unspecified atom stereocenters. The van der Waals surface area contributed by atoms with Crippen LogP contribution in [0.5, 0.6) is 0 Å². The Morgan fingerprint density at radius 3 is 2.29 bits per heavy atom. The summed E-state index contributed by atoms with van der Waals surface area (Å²) in [5, 5.41) is 0.202. The summed E-state index contributed by atoms with van der Waals surface area (Å²) in [6, 6.07) is 4.60. The monoisotopic (exact) mass is 329 g/mol. The lowest BCUT2D eigenvalue weighted by Gasteiger charge is -2.17. The Bertz CT molecular complexity index is 514. The van der Waals surface area contributed by atoms with E-state index in [0.717, 1.165) is 4.31 Å². The van der Waals surface area contributed by atoms with Crippen LogP contribution >= 0.6 is 58.4 Å². The van der Waals surface area contributed by atoms with Crippen molar-refractivity contribution in [2.24, 2.45) is 0 Å². The van der Waals surface area contributed by atoms with E-state index in [1.807, 2.05) is 0 Å². The number of nitrogens with zero attached hydrogens (tertiary/aromatic N) is 1. The average molecular weight is 331 g/mol. The van der Waals surface area contributed by atoms with E-state index in [-0.39, 0.29) is 16.1 Å². The quantitative estimate of drug-likeness (QED) is 0.445. The van der Waals surface area contributed by atoms with Crippen LogP contribution in [0.15, 0.2) is 18.2 Å². The molecule has 0 fully saturated rings. The lowest BCUT2D eigenvalue weighted by atomic mass is 10.1. The van der Waals surface area contributed by atoms with Crippen molar-refractivity contribution in [3.63, 3.8) is 0 Å². The minimum absolute atomic E-state index is 0.140. The molecule has 90 valence electrons. The molecule has 1 aromatic carbocycles. The van der Waals surface area contributed by atoms with Gasteiger partial charge in [0.2, 0.25) is 0 Å². The first-order valence-electron chi connectivity index (χ1n) is 4.24. The molecule has 1 aliphatic heterocycles. The maximum atomic E-state index is 11.9. The second-order valence-electron chi connectivity index (χ2n) is 3.10. The largest absolute Gasteiger partial charge is 0.273 e. The zero-order chi connectivity index (χ0) is 12.8. The number of hydrogen-bond acceptors (Lipinski definition) is 3. The van der Waals surface area contributed by atoms with Crippen molar-refractivity contribution in [1.29, 1.82) is 0 Å². The molecule has 0 aliphatic carbocycles. The predicted molar refractivity (Wildman–Crippen MR) is 69.8 cm³/mol. The Morgan fingerprint density at radius 2 is 1.76 bits per heavy atom. The summed E-state index contributed by atoms with van der Waals surface area (Å²) in [6.07, 6.45) is 0. The number of imide groups is 1. The van der Waals surface area contributed by atoms with Crippen LogP contribution in [0, 0.1) is 0 Å². The van der Waals surface area contributed by atoms with Gasteiger partial charge in [-0.15, -0.1) is 0 Å². The topological polar surface area (TPSA) is 37.4 Å². The van der Waals surface area contributed by atoms with Crippen molar-refractivity contribution in [2.45, 2.75) is 3.12 Å². The first-order valence-corrected chi connectivity index (χ1v) is 6.53. The van der Waals surface area contributed by atoms with Gasteiger partial charge < -0.3 is 0 Å². The number of fused-ring (bicyclic) bond motifs is 1. The molecular formula is C9H3Cl4NO2S. The third kappa shape index (κ3) is 2.51. The van der Waals surface area contributed by atoms with Crippen molar-refractivity contribution in [3.8, 4) is 0 Å². The van der Waals surface area contributed by atoms with Crippen LogP contribution in [0.1, 0.15) is 20.7 Å². The van der Waals surface area contributed by atoms with Gasteiger partial charge in [-0.1, -0.05) is 52.5 Å². The van der Waals surface area contributed by atoms with Crippen LogP contribution in [0.25, 0.3) is 0 Å². The third-order valence-corrected chi connectivity index (χ3v) is 3.68. The van der Waals surface area contributed by atoms with E-state index in [4.69, 9.17) is 46.4 Å². The summed E-state index contributed by atoms with van der Waals surface area (Å²) in [7, 11) is 0. The highest BCUT2D eigenvalue weighted by molar-refractivity contribution is 8.03. The molecule has 8 heteroatoms. The van der Waals surface area contributed by atoms with Crippen LogP contribution < -0.4 is 0 Å². The van der Waals surface area contributed by atoms with E-state index in [9.17, 15) is 9.59 Å². The van der Waals surface area contributed by atoms with Crippen LogP contribution in [-0.2, 0) is 0 Å². The summed E-state index contributed by atoms with van der Waals surface area (Å²) in [4.78, 5) is 23.8. The molecule has 2 rings (SSSR count). The Hall–Kier alpha value is -0.130.